The van der Waals surface area contributed by atoms with Gasteiger partial charge in [-0.15, -0.1) is 0 Å². The van der Waals surface area contributed by atoms with Gasteiger partial charge in [0.1, 0.15) is 0 Å². The fourth-order valence-corrected chi connectivity index (χ4v) is 4.50. The summed E-state index contributed by atoms with van der Waals surface area (Å²) in [4.78, 5) is 2.56. The van der Waals surface area contributed by atoms with Crippen molar-refractivity contribution >= 4 is 0 Å². The maximum atomic E-state index is 10.5. The molecule has 2 aromatic rings. The SMILES string of the molecule is O[C@@H]1C[C@@H](c2ccccc2)N2CCc3cc4c(cc3[C@@H]2C1)OCO4. The second-order valence-corrected chi connectivity index (χ2v) is 6.96. The molecule has 1 saturated heterocycles. The van der Waals surface area contributed by atoms with Crippen molar-refractivity contribution in [3.05, 3.63) is 59.2 Å². The van der Waals surface area contributed by atoms with Crippen molar-refractivity contribution in [2.75, 3.05) is 13.3 Å². The van der Waals surface area contributed by atoms with Crippen LogP contribution in [0.2, 0.25) is 0 Å². The van der Waals surface area contributed by atoms with Crippen molar-refractivity contribution in [2.45, 2.75) is 37.5 Å². The number of hydrogen-bond donors (Lipinski definition) is 1. The van der Waals surface area contributed by atoms with Gasteiger partial charge in [0, 0.05) is 18.6 Å². The van der Waals surface area contributed by atoms with Crippen LogP contribution < -0.4 is 9.47 Å². The predicted octanol–water partition coefficient (Wildman–Crippen LogP) is 3.21. The normalized spacial score (nSPS) is 28.3. The second-order valence-electron chi connectivity index (χ2n) is 6.96. The van der Waals surface area contributed by atoms with Gasteiger partial charge in [0.25, 0.3) is 0 Å². The number of rotatable bonds is 1. The van der Waals surface area contributed by atoms with Gasteiger partial charge in [-0.3, -0.25) is 4.90 Å². The van der Waals surface area contributed by atoms with Crippen LogP contribution in [0.15, 0.2) is 42.5 Å². The number of aliphatic hydroxyl groups is 1. The van der Waals surface area contributed by atoms with Gasteiger partial charge in [0.05, 0.1) is 6.10 Å². The summed E-state index contributed by atoms with van der Waals surface area (Å²) in [7, 11) is 0. The Morgan fingerprint density at radius 3 is 2.54 bits per heavy atom. The largest absolute Gasteiger partial charge is 0.454 e. The Bertz CT molecular complexity index is 761. The highest BCUT2D eigenvalue weighted by molar-refractivity contribution is 5.51. The van der Waals surface area contributed by atoms with Crippen molar-refractivity contribution in [2.24, 2.45) is 0 Å². The summed E-state index contributed by atoms with van der Waals surface area (Å²) < 4.78 is 11.1. The van der Waals surface area contributed by atoms with Gasteiger partial charge in [-0.1, -0.05) is 30.3 Å². The van der Waals surface area contributed by atoms with E-state index in [9.17, 15) is 5.11 Å². The van der Waals surface area contributed by atoms with Crippen LogP contribution in [0.1, 0.15) is 41.6 Å². The Balaban J connectivity index is 1.55. The lowest BCUT2D eigenvalue weighted by Crippen LogP contribution is -2.44. The highest BCUT2D eigenvalue weighted by Gasteiger charge is 2.40. The lowest BCUT2D eigenvalue weighted by Gasteiger charge is -2.47. The van der Waals surface area contributed by atoms with Crippen LogP contribution in [0, 0.1) is 0 Å². The standard InChI is InChI=1S/C20H21NO3/c22-15-9-17(13-4-2-1-3-5-13)21-7-6-14-8-19-20(24-12-23-19)11-16(14)18(21)10-15/h1-5,8,11,15,17-18,22H,6-7,9-10,12H2/t15-,17+,18+/m1/s1. The van der Waals surface area contributed by atoms with E-state index in [1.165, 1.54) is 16.7 Å². The van der Waals surface area contributed by atoms with E-state index in [-0.39, 0.29) is 18.2 Å². The van der Waals surface area contributed by atoms with Crippen LogP contribution in [-0.2, 0) is 6.42 Å². The minimum Gasteiger partial charge on any atom is -0.454 e. The molecular formula is C20H21NO3. The van der Waals surface area contributed by atoms with Crippen LogP contribution >= 0.6 is 0 Å². The highest BCUT2D eigenvalue weighted by Crippen LogP contribution is 2.48. The summed E-state index contributed by atoms with van der Waals surface area (Å²) in [5, 5.41) is 10.5. The molecule has 0 spiro atoms. The molecule has 3 atom stereocenters. The zero-order valence-corrected chi connectivity index (χ0v) is 13.5. The van der Waals surface area contributed by atoms with Gasteiger partial charge < -0.3 is 14.6 Å². The zero-order chi connectivity index (χ0) is 16.1. The zero-order valence-electron chi connectivity index (χ0n) is 13.5. The average Bonchev–Trinajstić information content (AvgIpc) is 3.07. The fourth-order valence-electron chi connectivity index (χ4n) is 4.50. The molecule has 5 rings (SSSR count). The predicted molar refractivity (Wildman–Crippen MR) is 90.1 cm³/mol. The summed E-state index contributed by atoms with van der Waals surface area (Å²) >= 11 is 0. The third-order valence-electron chi connectivity index (χ3n) is 5.61. The minimum atomic E-state index is -0.271. The van der Waals surface area contributed by atoms with E-state index in [2.05, 4.69) is 41.3 Å². The van der Waals surface area contributed by atoms with Gasteiger partial charge in [0.2, 0.25) is 6.79 Å². The van der Waals surface area contributed by atoms with E-state index in [1.54, 1.807) is 0 Å². The van der Waals surface area contributed by atoms with E-state index < -0.39 is 0 Å². The topological polar surface area (TPSA) is 41.9 Å². The Hall–Kier alpha value is -2.04. The van der Waals surface area contributed by atoms with Gasteiger partial charge >= 0.3 is 0 Å². The third kappa shape index (κ3) is 2.21. The van der Waals surface area contributed by atoms with Crippen molar-refractivity contribution in [3.63, 3.8) is 0 Å². The molecule has 1 N–H and O–H groups in total. The van der Waals surface area contributed by atoms with Crippen LogP contribution in [0.25, 0.3) is 0 Å². The van der Waals surface area contributed by atoms with Crippen molar-refractivity contribution in [1.82, 2.24) is 4.90 Å². The number of fused-ring (bicyclic) bond motifs is 4. The van der Waals surface area contributed by atoms with Crippen molar-refractivity contribution in [3.8, 4) is 11.5 Å². The molecular weight excluding hydrogens is 302 g/mol. The van der Waals surface area contributed by atoms with E-state index in [0.717, 1.165) is 37.3 Å². The average molecular weight is 323 g/mol. The van der Waals surface area contributed by atoms with Crippen LogP contribution in [0.4, 0.5) is 0 Å². The van der Waals surface area contributed by atoms with Crippen LogP contribution in [-0.4, -0.2) is 29.4 Å². The number of piperidine rings is 1. The molecule has 24 heavy (non-hydrogen) atoms. The number of nitrogens with zero attached hydrogens (tertiary/aromatic N) is 1. The van der Waals surface area contributed by atoms with Crippen LogP contribution in [0.3, 0.4) is 0 Å². The monoisotopic (exact) mass is 323 g/mol. The Kier molecular flexibility index (Phi) is 3.28. The molecule has 0 aliphatic carbocycles. The number of aliphatic hydroxyl groups excluding tert-OH is 1. The van der Waals surface area contributed by atoms with Crippen LogP contribution in [0.5, 0.6) is 11.5 Å². The maximum absolute atomic E-state index is 10.5. The Labute approximate surface area is 141 Å². The molecule has 4 heteroatoms. The first kappa shape index (κ1) is 14.3. The molecule has 0 radical (unpaired) electrons. The lowest BCUT2D eigenvalue weighted by molar-refractivity contribution is -0.00679. The van der Waals surface area contributed by atoms with Gasteiger partial charge in [-0.05, 0) is 48.1 Å². The Morgan fingerprint density at radius 2 is 1.71 bits per heavy atom. The minimum absolute atomic E-state index is 0.247. The smallest absolute Gasteiger partial charge is 0.231 e. The molecule has 3 heterocycles. The van der Waals surface area contributed by atoms with Gasteiger partial charge in [0.15, 0.2) is 11.5 Å². The molecule has 0 unspecified atom stereocenters. The van der Waals surface area contributed by atoms with E-state index in [4.69, 9.17) is 9.47 Å². The summed E-state index contributed by atoms with van der Waals surface area (Å²) in [5.41, 5.74) is 3.93. The van der Waals surface area contributed by atoms with E-state index in [0.29, 0.717) is 6.79 Å². The van der Waals surface area contributed by atoms with Crippen molar-refractivity contribution < 1.29 is 14.6 Å². The number of benzene rings is 2. The summed E-state index contributed by atoms with van der Waals surface area (Å²) in [6.07, 6.45) is 2.34. The Morgan fingerprint density at radius 1 is 0.958 bits per heavy atom. The fraction of sp³-hybridized carbons (Fsp3) is 0.400. The molecule has 2 aromatic carbocycles. The van der Waals surface area contributed by atoms with Gasteiger partial charge in [-0.25, -0.2) is 0 Å². The molecule has 0 amide bonds. The first-order valence-electron chi connectivity index (χ1n) is 8.71. The lowest BCUT2D eigenvalue weighted by atomic mass is 9.81. The molecule has 0 bridgehead atoms. The maximum Gasteiger partial charge on any atom is 0.231 e. The molecule has 0 saturated carbocycles. The molecule has 0 aromatic heterocycles. The highest BCUT2D eigenvalue weighted by atomic mass is 16.7. The molecule has 124 valence electrons. The van der Waals surface area contributed by atoms with E-state index in [1.807, 2.05) is 6.07 Å². The first-order chi connectivity index (χ1) is 11.8. The molecule has 1 fully saturated rings. The molecule has 4 nitrogen and oxygen atoms in total. The first-order valence-corrected chi connectivity index (χ1v) is 8.71. The second kappa shape index (κ2) is 5.50. The summed E-state index contributed by atoms with van der Waals surface area (Å²) in [6, 6.07) is 15.4. The summed E-state index contributed by atoms with van der Waals surface area (Å²) in [5.74, 6) is 1.70. The molecule has 3 aliphatic heterocycles. The summed E-state index contributed by atoms with van der Waals surface area (Å²) in [6.45, 7) is 1.32. The number of hydrogen-bond acceptors (Lipinski definition) is 4. The molecule has 3 aliphatic rings. The van der Waals surface area contributed by atoms with E-state index >= 15 is 0 Å². The van der Waals surface area contributed by atoms with Crippen molar-refractivity contribution in [1.29, 1.82) is 0 Å². The third-order valence-corrected chi connectivity index (χ3v) is 5.61. The quantitative estimate of drug-likeness (QED) is 0.875. The van der Waals surface area contributed by atoms with Gasteiger partial charge in [-0.2, -0.15) is 0 Å². The number of ether oxygens (including phenoxy) is 2.